The summed E-state index contributed by atoms with van der Waals surface area (Å²) in [5.41, 5.74) is 0.751. The van der Waals surface area contributed by atoms with E-state index in [0.717, 1.165) is 49.1 Å². The van der Waals surface area contributed by atoms with Gasteiger partial charge >= 0.3 is 5.97 Å². The number of hydrogen-bond donors (Lipinski definition) is 1. The lowest BCUT2D eigenvalue weighted by Crippen LogP contribution is -2.48. The first-order chi connectivity index (χ1) is 13.5. The number of fused-ring (bicyclic) bond motifs is 1. The number of nitriles is 1. The Morgan fingerprint density at radius 3 is 2.71 bits per heavy atom. The van der Waals surface area contributed by atoms with Crippen LogP contribution in [0.15, 0.2) is 24.5 Å². The number of esters is 1. The molecule has 0 saturated heterocycles. The van der Waals surface area contributed by atoms with Crippen LogP contribution in [0.2, 0.25) is 0 Å². The minimum atomic E-state index is -0.888. The first-order valence-electron chi connectivity index (χ1n) is 9.69. The van der Waals surface area contributed by atoms with Gasteiger partial charge in [-0.2, -0.15) is 5.26 Å². The van der Waals surface area contributed by atoms with Gasteiger partial charge in [0.05, 0.1) is 11.6 Å². The molecule has 1 N–H and O–H groups in total. The molecule has 4 rings (SSSR count). The Hall–Kier alpha value is -2.59. The smallest absolute Gasteiger partial charge is 0.341 e. The quantitative estimate of drug-likeness (QED) is 0.758. The highest BCUT2D eigenvalue weighted by Gasteiger charge is 2.43. The molecule has 2 heterocycles. The fourth-order valence-electron chi connectivity index (χ4n) is 3.82. The molecule has 0 unspecified atom stereocenters. The highest BCUT2D eigenvalue weighted by Crippen LogP contribution is 2.39. The Balaban J connectivity index is 1.50. The second kappa shape index (κ2) is 7.44. The maximum absolute atomic E-state index is 12.9. The molecule has 1 saturated carbocycles. The van der Waals surface area contributed by atoms with Crippen LogP contribution in [0.1, 0.15) is 53.4 Å². The van der Waals surface area contributed by atoms with Gasteiger partial charge in [0.2, 0.25) is 0 Å². The third-order valence-corrected chi connectivity index (χ3v) is 6.86. The van der Waals surface area contributed by atoms with E-state index in [1.54, 1.807) is 18.3 Å². The highest BCUT2D eigenvalue weighted by molar-refractivity contribution is 7.15. The molecule has 1 atom stereocenters. The zero-order valence-corrected chi connectivity index (χ0v) is 16.7. The number of carbonyl (C=O) groups is 2. The van der Waals surface area contributed by atoms with Crippen LogP contribution in [-0.4, -0.2) is 28.6 Å². The van der Waals surface area contributed by atoms with E-state index in [2.05, 4.69) is 11.4 Å². The molecular formula is C21H23N3O3S. The van der Waals surface area contributed by atoms with Crippen molar-refractivity contribution in [3.8, 4) is 11.1 Å². The molecule has 2 aliphatic carbocycles. The lowest BCUT2D eigenvalue weighted by atomic mass is 9.95. The molecule has 146 valence electrons. The molecule has 1 fully saturated rings. The van der Waals surface area contributed by atoms with E-state index in [1.807, 2.05) is 29.1 Å². The maximum Gasteiger partial charge on any atom is 0.341 e. The van der Waals surface area contributed by atoms with Gasteiger partial charge in [0.15, 0.2) is 6.61 Å². The Labute approximate surface area is 168 Å². The maximum atomic E-state index is 12.9. The summed E-state index contributed by atoms with van der Waals surface area (Å²) in [7, 11) is 0. The fourth-order valence-corrected chi connectivity index (χ4v) is 5.17. The van der Waals surface area contributed by atoms with E-state index in [0.29, 0.717) is 5.56 Å². The van der Waals surface area contributed by atoms with Crippen molar-refractivity contribution in [2.24, 2.45) is 5.92 Å². The molecule has 0 aliphatic heterocycles. The van der Waals surface area contributed by atoms with Crippen LogP contribution in [0.5, 0.6) is 0 Å². The number of ether oxygens (including phenoxy) is 1. The summed E-state index contributed by atoms with van der Waals surface area (Å²) < 4.78 is 7.31. The molecule has 2 aromatic rings. The molecule has 1 amide bonds. The van der Waals surface area contributed by atoms with Crippen LogP contribution in [0.4, 0.5) is 0 Å². The van der Waals surface area contributed by atoms with Gasteiger partial charge in [0.1, 0.15) is 10.5 Å². The highest BCUT2D eigenvalue weighted by atomic mass is 32.1. The van der Waals surface area contributed by atoms with E-state index >= 15 is 0 Å². The van der Waals surface area contributed by atoms with Crippen molar-refractivity contribution in [1.29, 1.82) is 5.26 Å². The van der Waals surface area contributed by atoms with E-state index in [4.69, 9.17) is 4.74 Å². The summed E-state index contributed by atoms with van der Waals surface area (Å²) in [5.74, 6) is -0.722. The van der Waals surface area contributed by atoms with Crippen molar-refractivity contribution < 1.29 is 14.3 Å². The van der Waals surface area contributed by atoms with Crippen LogP contribution in [0.25, 0.3) is 5.00 Å². The minimum Gasteiger partial charge on any atom is -0.452 e. The van der Waals surface area contributed by atoms with Crippen LogP contribution >= 0.6 is 11.3 Å². The average molecular weight is 398 g/mol. The number of carbonyl (C=O) groups excluding carboxylic acids is 2. The van der Waals surface area contributed by atoms with Gasteiger partial charge in [0.25, 0.3) is 5.91 Å². The van der Waals surface area contributed by atoms with Crippen molar-refractivity contribution in [2.75, 3.05) is 6.61 Å². The van der Waals surface area contributed by atoms with Crippen LogP contribution in [0, 0.1) is 17.2 Å². The molecule has 6 nitrogen and oxygen atoms in total. The van der Waals surface area contributed by atoms with E-state index < -0.39 is 17.4 Å². The Morgan fingerprint density at radius 1 is 1.32 bits per heavy atom. The van der Waals surface area contributed by atoms with Crippen molar-refractivity contribution in [1.82, 2.24) is 9.88 Å². The van der Waals surface area contributed by atoms with E-state index in [-0.39, 0.29) is 12.5 Å². The summed E-state index contributed by atoms with van der Waals surface area (Å²) in [6, 6.07) is 6.02. The number of rotatable bonds is 6. The van der Waals surface area contributed by atoms with Crippen LogP contribution in [-0.2, 0) is 22.4 Å². The molecule has 0 aromatic carbocycles. The molecule has 0 radical (unpaired) electrons. The summed E-state index contributed by atoms with van der Waals surface area (Å²) in [5, 5.41) is 13.0. The van der Waals surface area contributed by atoms with Gasteiger partial charge < -0.3 is 14.6 Å². The molecule has 2 aromatic heterocycles. The monoisotopic (exact) mass is 397 g/mol. The summed E-state index contributed by atoms with van der Waals surface area (Å²) in [6.07, 6.45) is 9.71. The standard InChI is InChI=1S/C21H23N3O3S/c1-21(13-22,14-8-9-14)23-17(25)12-27-20(26)18-15-6-2-3-7-16(15)28-19(18)24-10-4-5-11-24/h4-5,10-11,14H,2-3,6-9,12H2,1H3,(H,23,25)/t21-/m1/s1. The lowest BCUT2D eigenvalue weighted by molar-refractivity contribution is -0.125. The normalized spacial score (nSPS) is 17.9. The molecule has 0 spiro atoms. The molecule has 0 bridgehead atoms. The van der Waals surface area contributed by atoms with Crippen molar-refractivity contribution in [2.45, 2.75) is 51.0 Å². The Bertz CT molecular complexity index is 937. The van der Waals surface area contributed by atoms with Crippen molar-refractivity contribution in [3.63, 3.8) is 0 Å². The minimum absolute atomic E-state index is 0.182. The zero-order valence-electron chi connectivity index (χ0n) is 15.9. The SMILES string of the molecule is C[C@](C#N)(NC(=O)COC(=O)c1c(-n2cccc2)sc2c1CCCC2)C1CC1. The van der Waals surface area contributed by atoms with Crippen molar-refractivity contribution in [3.05, 3.63) is 40.5 Å². The number of hydrogen-bond acceptors (Lipinski definition) is 5. The average Bonchev–Trinajstić information content (AvgIpc) is 3.28. The van der Waals surface area contributed by atoms with Gasteiger partial charge in [-0.25, -0.2) is 4.79 Å². The number of aromatic nitrogens is 1. The van der Waals surface area contributed by atoms with Gasteiger partial charge in [-0.05, 0) is 69.1 Å². The van der Waals surface area contributed by atoms with Crippen LogP contribution in [0.3, 0.4) is 0 Å². The molecule has 2 aliphatic rings. The predicted octanol–water partition coefficient (Wildman–Crippen LogP) is 3.38. The van der Waals surface area contributed by atoms with Gasteiger partial charge in [-0.1, -0.05) is 0 Å². The number of thiophene rings is 1. The number of nitrogens with zero attached hydrogens (tertiary/aromatic N) is 2. The van der Waals surface area contributed by atoms with Gasteiger partial charge in [0, 0.05) is 17.3 Å². The first-order valence-corrected chi connectivity index (χ1v) is 10.5. The second-order valence-electron chi connectivity index (χ2n) is 7.69. The van der Waals surface area contributed by atoms with Crippen LogP contribution < -0.4 is 5.32 Å². The molecule has 7 heteroatoms. The van der Waals surface area contributed by atoms with Gasteiger partial charge in [-0.15, -0.1) is 11.3 Å². The van der Waals surface area contributed by atoms with Crippen molar-refractivity contribution >= 4 is 23.2 Å². The lowest BCUT2D eigenvalue weighted by Gasteiger charge is -2.22. The Morgan fingerprint density at radius 2 is 2.04 bits per heavy atom. The largest absolute Gasteiger partial charge is 0.452 e. The number of amides is 1. The summed E-state index contributed by atoms with van der Waals surface area (Å²) >= 11 is 1.63. The molecular weight excluding hydrogens is 374 g/mol. The number of aryl methyl sites for hydroxylation is 1. The van der Waals surface area contributed by atoms with E-state index in [9.17, 15) is 14.9 Å². The second-order valence-corrected chi connectivity index (χ2v) is 8.78. The van der Waals surface area contributed by atoms with E-state index in [1.165, 1.54) is 4.88 Å². The predicted molar refractivity (Wildman–Crippen MR) is 105 cm³/mol. The topological polar surface area (TPSA) is 84.1 Å². The third kappa shape index (κ3) is 3.57. The van der Waals surface area contributed by atoms with Gasteiger partial charge in [-0.3, -0.25) is 4.79 Å². The summed E-state index contributed by atoms with van der Waals surface area (Å²) in [4.78, 5) is 26.4. The fraction of sp³-hybridized carbons (Fsp3) is 0.476. The Kier molecular flexibility index (Phi) is 4.98. The number of nitrogens with one attached hydrogen (secondary N) is 1. The molecule has 28 heavy (non-hydrogen) atoms. The zero-order chi connectivity index (χ0) is 19.7. The first kappa shape index (κ1) is 18.8. The summed E-state index contributed by atoms with van der Waals surface area (Å²) in [6.45, 7) is 1.35. The third-order valence-electron chi connectivity index (χ3n) is 5.56.